The highest BCUT2D eigenvalue weighted by molar-refractivity contribution is 5.57. The van der Waals surface area contributed by atoms with Crippen molar-refractivity contribution in [1.29, 1.82) is 0 Å². The van der Waals surface area contributed by atoms with E-state index in [0.29, 0.717) is 5.92 Å². The van der Waals surface area contributed by atoms with Gasteiger partial charge in [-0.15, -0.1) is 0 Å². The summed E-state index contributed by atoms with van der Waals surface area (Å²) in [7, 11) is 0. The highest BCUT2D eigenvalue weighted by Crippen LogP contribution is 2.28. The molecule has 1 fully saturated rings. The number of nitrogens with zero attached hydrogens (tertiary/aromatic N) is 1. The molecule has 0 spiro atoms. The van der Waals surface area contributed by atoms with Gasteiger partial charge >= 0.3 is 0 Å². The normalized spacial score (nSPS) is 25.0. The zero-order valence-corrected chi connectivity index (χ0v) is 10.1. The fraction of sp³-hybridized carbons (Fsp3) is 0.571. The first kappa shape index (κ1) is 11.1. The molecule has 3 heteroatoms. The molecule has 2 aliphatic rings. The van der Waals surface area contributed by atoms with Gasteiger partial charge in [-0.25, -0.2) is 0 Å². The Morgan fingerprint density at radius 3 is 3.12 bits per heavy atom. The zero-order chi connectivity index (χ0) is 11.7. The second kappa shape index (κ2) is 4.67. The molecular formula is C14H20N2O. The minimum absolute atomic E-state index is 0.198. The van der Waals surface area contributed by atoms with Gasteiger partial charge < -0.3 is 15.3 Å². The monoisotopic (exact) mass is 232 g/mol. The van der Waals surface area contributed by atoms with Crippen LogP contribution in [0.2, 0.25) is 0 Å². The van der Waals surface area contributed by atoms with Crippen LogP contribution in [0, 0.1) is 5.92 Å². The first-order valence-electron chi connectivity index (χ1n) is 6.56. The quantitative estimate of drug-likeness (QED) is 0.817. The van der Waals surface area contributed by atoms with E-state index >= 15 is 0 Å². The van der Waals surface area contributed by atoms with Crippen molar-refractivity contribution >= 4 is 5.69 Å². The van der Waals surface area contributed by atoms with Crippen LogP contribution in [0.1, 0.15) is 12.0 Å². The molecule has 1 saturated heterocycles. The predicted octanol–water partition coefficient (Wildman–Crippen LogP) is 1.02. The molecular weight excluding hydrogens is 212 g/mol. The van der Waals surface area contributed by atoms with Gasteiger partial charge in [-0.05, 0) is 31.0 Å². The van der Waals surface area contributed by atoms with Gasteiger partial charge in [-0.3, -0.25) is 0 Å². The lowest BCUT2D eigenvalue weighted by atomic mass is 10.0. The van der Waals surface area contributed by atoms with Gasteiger partial charge in [0.25, 0.3) is 0 Å². The molecule has 0 bridgehead atoms. The molecule has 0 aliphatic carbocycles. The minimum atomic E-state index is -0.198. The van der Waals surface area contributed by atoms with Crippen molar-refractivity contribution in [3.63, 3.8) is 0 Å². The van der Waals surface area contributed by atoms with Gasteiger partial charge in [0.05, 0.1) is 6.10 Å². The molecule has 17 heavy (non-hydrogen) atoms. The summed E-state index contributed by atoms with van der Waals surface area (Å²) in [5.74, 6) is 0.433. The topological polar surface area (TPSA) is 35.5 Å². The Balaban J connectivity index is 1.66. The summed E-state index contributed by atoms with van der Waals surface area (Å²) in [5, 5.41) is 13.6. The number of β-amino-alcohol motifs (C(OH)–C–C–N with tert-alkyl or cyclic N) is 1. The minimum Gasteiger partial charge on any atom is -0.391 e. The third kappa shape index (κ3) is 2.17. The van der Waals surface area contributed by atoms with Gasteiger partial charge in [-0.1, -0.05) is 18.2 Å². The van der Waals surface area contributed by atoms with Crippen LogP contribution in [0.25, 0.3) is 0 Å². The fourth-order valence-corrected chi connectivity index (χ4v) is 2.98. The molecule has 2 aliphatic heterocycles. The van der Waals surface area contributed by atoms with E-state index in [1.54, 1.807) is 0 Å². The number of rotatable bonds is 3. The maximum absolute atomic E-state index is 10.3. The Labute approximate surface area is 102 Å². The standard InChI is InChI=1S/C14H20N2O/c17-14(12-5-7-15-9-12)10-16-8-6-11-3-1-2-4-13(11)16/h1-4,12,14-15,17H,5-10H2. The fourth-order valence-electron chi connectivity index (χ4n) is 2.98. The highest BCUT2D eigenvalue weighted by atomic mass is 16.3. The highest BCUT2D eigenvalue weighted by Gasteiger charge is 2.27. The van der Waals surface area contributed by atoms with Crippen LogP contribution in [0.15, 0.2) is 24.3 Å². The van der Waals surface area contributed by atoms with E-state index in [2.05, 4.69) is 34.5 Å². The summed E-state index contributed by atoms with van der Waals surface area (Å²) in [4.78, 5) is 2.33. The predicted molar refractivity (Wildman–Crippen MR) is 69.3 cm³/mol. The lowest BCUT2D eigenvalue weighted by molar-refractivity contribution is 0.123. The van der Waals surface area contributed by atoms with E-state index in [4.69, 9.17) is 0 Å². The third-order valence-electron chi connectivity index (χ3n) is 4.03. The molecule has 2 atom stereocenters. The summed E-state index contributed by atoms with van der Waals surface area (Å²) in [6, 6.07) is 8.54. The van der Waals surface area contributed by atoms with Crippen LogP contribution < -0.4 is 10.2 Å². The second-order valence-electron chi connectivity index (χ2n) is 5.14. The average molecular weight is 232 g/mol. The van der Waals surface area contributed by atoms with Gasteiger partial charge in [0, 0.05) is 31.2 Å². The molecule has 1 aromatic rings. The number of benzene rings is 1. The number of anilines is 1. The molecule has 1 aromatic carbocycles. The number of nitrogens with one attached hydrogen (secondary N) is 1. The number of aliphatic hydroxyl groups excluding tert-OH is 1. The molecule has 92 valence electrons. The van der Waals surface area contributed by atoms with Crippen molar-refractivity contribution in [3.8, 4) is 0 Å². The zero-order valence-electron chi connectivity index (χ0n) is 10.1. The number of aliphatic hydroxyl groups is 1. The van der Waals surface area contributed by atoms with Crippen molar-refractivity contribution in [2.45, 2.75) is 18.9 Å². The number of para-hydroxylation sites is 1. The van der Waals surface area contributed by atoms with Crippen molar-refractivity contribution in [1.82, 2.24) is 5.32 Å². The van der Waals surface area contributed by atoms with Gasteiger partial charge in [-0.2, -0.15) is 0 Å². The molecule has 2 heterocycles. The smallest absolute Gasteiger partial charge is 0.0755 e. The third-order valence-corrected chi connectivity index (χ3v) is 4.03. The molecule has 0 amide bonds. The number of hydrogen-bond acceptors (Lipinski definition) is 3. The molecule has 2 unspecified atom stereocenters. The van der Waals surface area contributed by atoms with E-state index in [-0.39, 0.29) is 6.10 Å². The first-order valence-corrected chi connectivity index (χ1v) is 6.56. The van der Waals surface area contributed by atoms with Crippen molar-refractivity contribution in [2.24, 2.45) is 5.92 Å². The van der Waals surface area contributed by atoms with Gasteiger partial charge in [0.2, 0.25) is 0 Å². The van der Waals surface area contributed by atoms with Crippen LogP contribution in [-0.2, 0) is 6.42 Å². The maximum atomic E-state index is 10.3. The Hall–Kier alpha value is -1.06. The van der Waals surface area contributed by atoms with Gasteiger partial charge in [0.1, 0.15) is 0 Å². The summed E-state index contributed by atoms with van der Waals surface area (Å²) in [5.41, 5.74) is 2.74. The molecule has 0 radical (unpaired) electrons. The maximum Gasteiger partial charge on any atom is 0.0755 e. The van der Waals surface area contributed by atoms with Crippen molar-refractivity contribution < 1.29 is 5.11 Å². The molecule has 3 rings (SSSR count). The second-order valence-corrected chi connectivity index (χ2v) is 5.14. The Morgan fingerprint density at radius 1 is 1.41 bits per heavy atom. The van der Waals surface area contributed by atoms with E-state index in [1.807, 2.05) is 0 Å². The van der Waals surface area contributed by atoms with Crippen molar-refractivity contribution in [2.75, 3.05) is 31.1 Å². The van der Waals surface area contributed by atoms with E-state index in [0.717, 1.165) is 39.0 Å². The Morgan fingerprint density at radius 2 is 2.29 bits per heavy atom. The molecule has 2 N–H and O–H groups in total. The van der Waals surface area contributed by atoms with Gasteiger partial charge in [0.15, 0.2) is 0 Å². The first-order chi connectivity index (χ1) is 8.34. The largest absolute Gasteiger partial charge is 0.391 e. The van der Waals surface area contributed by atoms with Crippen LogP contribution >= 0.6 is 0 Å². The summed E-state index contributed by atoms with van der Waals surface area (Å²) >= 11 is 0. The van der Waals surface area contributed by atoms with Crippen LogP contribution in [0.4, 0.5) is 5.69 Å². The average Bonchev–Trinajstić information content (AvgIpc) is 2.98. The Bertz CT molecular complexity index is 388. The van der Waals surface area contributed by atoms with E-state index in [9.17, 15) is 5.11 Å². The summed E-state index contributed by atoms with van der Waals surface area (Å²) in [6.45, 7) is 3.86. The Kier molecular flexibility index (Phi) is 3.04. The van der Waals surface area contributed by atoms with Crippen LogP contribution in [0.3, 0.4) is 0 Å². The molecule has 0 saturated carbocycles. The molecule has 0 aromatic heterocycles. The lowest BCUT2D eigenvalue weighted by Gasteiger charge is -2.26. The van der Waals surface area contributed by atoms with Crippen LogP contribution in [-0.4, -0.2) is 37.4 Å². The summed E-state index contributed by atoms with van der Waals surface area (Å²) < 4.78 is 0. The van der Waals surface area contributed by atoms with Crippen LogP contribution in [0.5, 0.6) is 0 Å². The van der Waals surface area contributed by atoms with E-state index in [1.165, 1.54) is 11.3 Å². The van der Waals surface area contributed by atoms with Crippen molar-refractivity contribution in [3.05, 3.63) is 29.8 Å². The SMILES string of the molecule is OC(CN1CCc2ccccc21)C1CCNC1. The number of hydrogen-bond donors (Lipinski definition) is 2. The summed E-state index contributed by atoms with van der Waals surface area (Å²) in [6.07, 6.45) is 2.03. The lowest BCUT2D eigenvalue weighted by Crippen LogP contribution is -2.36. The number of fused-ring (bicyclic) bond motifs is 1. The van der Waals surface area contributed by atoms with E-state index < -0.39 is 0 Å². The molecule has 3 nitrogen and oxygen atoms in total.